The number of hydrogen-bond donors (Lipinski definition) is 1. The van der Waals surface area contributed by atoms with E-state index in [0.29, 0.717) is 11.1 Å². The molecular weight excluding hydrogens is 534 g/mol. The lowest BCUT2D eigenvalue weighted by molar-refractivity contribution is -0.384. The molecule has 0 fully saturated rings. The summed E-state index contributed by atoms with van der Waals surface area (Å²) >= 11 is 6.65. The van der Waals surface area contributed by atoms with Crippen LogP contribution >= 0.6 is 31.9 Å². The molecule has 0 saturated heterocycles. The number of nitrogens with zero attached hydrogens (tertiary/aromatic N) is 2. The first-order valence-corrected chi connectivity index (χ1v) is 10.3. The molecule has 31 heavy (non-hydrogen) atoms. The second kappa shape index (κ2) is 10.1. The second-order valence-corrected chi connectivity index (χ2v) is 7.91. The first-order valence-electron chi connectivity index (χ1n) is 8.68. The zero-order valence-electron chi connectivity index (χ0n) is 15.6. The van der Waals surface area contributed by atoms with Crippen LogP contribution in [0.1, 0.15) is 26.3 Å². The van der Waals surface area contributed by atoms with Crippen molar-refractivity contribution in [1.82, 2.24) is 5.43 Å². The molecular formula is C21H13Br2N3O5. The Kier molecular flexibility index (Phi) is 7.27. The van der Waals surface area contributed by atoms with E-state index in [1.54, 1.807) is 42.5 Å². The van der Waals surface area contributed by atoms with Gasteiger partial charge in [0.25, 0.3) is 11.6 Å². The van der Waals surface area contributed by atoms with Crippen molar-refractivity contribution in [3.63, 3.8) is 0 Å². The summed E-state index contributed by atoms with van der Waals surface area (Å²) in [7, 11) is 0. The van der Waals surface area contributed by atoms with Gasteiger partial charge in [-0.05, 0) is 54.6 Å². The summed E-state index contributed by atoms with van der Waals surface area (Å²) in [6.45, 7) is 0. The zero-order chi connectivity index (χ0) is 22.4. The summed E-state index contributed by atoms with van der Waals surface area (Å²) in [4.78, 5) is 34.7. The molecule has 8 nitrogen and oxygen atoms in total. The number of hydrazone groups is 1. The van der Waals surface area contributed by atoms with Crippen LogP contribution in [0.3, 0.4) is 0 Å². The number of ether oxygens (including phenoxy) is 1. The molecule has 0 unspecified atom stereocenters. The van der Waals surface area contributed by atoms with E-state index >= 15 is 0 Å². The number of carbonyl (C=O) groups excluding carboxylic acids is 2. The SMILES string of the molecule is O=C(NN=Cc1cc(Br)ccc1OC(=O)c1ccc(Br)cc1)c1ccc([N+](=O)[O-])cc1. The Hall–Kier alpha value is -3.37. The standard InChI is InChI=1S/C21H13Br2N3O5/c22-16-5-1-14(2-6-16)21(28)31-19-10-7-17(23)11-15(19)12-24-25-20(27)13-3-8-18(9-4-13)26(29)30/h1-12H,(H,25,27). The zero-order valence-corrected chi connectivity index (χ0v) is 18.8. The summed E-state index contributed by atoms with van der Waals surface area (Å²) in [6, 6.07) is 16.8. The third kappa shape index (κ3) is 6.06. The number of carbonyl (C=O) groups is 2. The molecule has 0 aliphatic rings. The highest BCUT2D eigenvalue weighted by Gasteiger charge is 2.12. The average molecular weight is 547 g/mol. The van der Waals surface area contributed by atoms with Gasteiger partial charge in [-0.15, -0.1) is 0 Å². The van der Waals surface area contributed by atoms with E-state index in [0.717, 1.165) is 8.95 Å². The number of nitro benzene ring substituents is 1. The first kappa shape index (κ1) is 22.3. The minimum atomic E-state index is -0.551. The molecule has 156 valence electrons. The van der Waals surface area contributed by atoms with Crippen molar-refractivity contribution in [3.8, 4) is 5.75 Å². The minimum absolute atomic E-state index is 0.119. The van der Waals surface area contributed by atoms with E-state index in [-0.39, 0.29) is 17.0 Å². The van der Waals surface area contributed by atoms with Gasteiger partial charge < -0.3 is 4.74 Å². The van der Waals surface area contributed by atoms with Gasteiger partial charge in [-0.3, -0.25) is 14.9 Å². The van der Waals surface area contributed by atoms with Gasteiger partial charge in [0.05, 0.1) is 16.7 Å². The number of hydrogen-bond acceptors (Lipinski definition) is 6. The summed E-state index contributed by atoms with van der Waals surface area (Å²) in [5, 5.41) is 14.6. The molecule has 0 radical (unpaired) electrons. The van der Waals surface area contributed by atoms with Crippen LogP contribution in [0.4, 0.5) is 5.69 Å². The minimum Gasteiger partial charge on any atom is -0.422 e. The van der Waals surface area contributed by atoms with E-state index in [1.165, 1.54) is 30.5 Å². The number of nitro groups is 1. The molecule has 0 saturated carbocycles. The molecule has 0 bridgehead atoms. The molecule has 1 N–H and O–H groups in total. The Bertz CT molecular complexity index is 1160. The van der Waals surface area contributed by atoms with Gasteiger partial charge in [0.2, 0.25) is 0 Å². The van der Waals surface area contributed by atoms with Crippen LogP contribution in [0.2, 0.25) is 0 Å². The molecule has 3 aromatic carbocycles. The fraction of sp³-hybridized carbons (Fsp3) is 0. The largest absolute Gasteiger partial charge is 0.422 e. The maximum Gasteiger partial charge on any atom is 0.343 e. The van der Waals surface area contributed by atoms with Gasteiger partial charge in [0.15, 0.2) is 0 Å². The van der Waals surface area contributed by atoms with Gasteiger partial charge in [-0.1, -0.05) is 31.9 Å². The van der Waals surface area contributed by atoms with Crippen molar-refractivity contribution in [2.75, 3.05) is 0 Å². The van der Waals surface area contributed by atoms with Crippen LogP contribution in [0.25, 0.3) is 0 Å². The second-order valence-electron chi connectivity index (χ2n) is 6.08. The summed E-state index contributed by atoms with van der Waals surface area (Å²) < 4.78 is 7.02. The quantitative estimate of drug-likeness (QED) is 0.152. The predicted octanol–water partition coefficient (Wildman–Crippen LogP) is 5.10. The number of non-ortho nitro benzene ring substituents is 1. The highest BCUT2D eigenvalue weighted by molar-refractivity contribution is 9.10. The fourth-order valence-electron chi connectivity index (χ4n) is 2.42. The highest BCUT2D eigenvalue weighted by Crippen LogP contribution is 2.23. The highest BCUT2D eigenvalue weighted by atomic mass is 79.9. The van der Waals surface area contributed by atoms with Crippen molar-refractivity contribution in [2.45, 2.75) is 0 Å². The molecule has 0 aliphatic heterocycles. The number of esters is 1. The normalized spacial score (nSPS) is 10.6. The van der Waals surface area contributed by atoms with Crippen LogP contribution in [0.15, 0.2) is 80.8 Å². The van der Waals surface area contributed by atoms with Crippen molar-refractivity contribution in [1.29, 1.82) is 0 Å². The van der Waals surface area contributed by atoms with Gasteiger partial charge in [0, 0.05) is 32.2 Å². The number of nitrogens with one attached hydrogen (secondary N) is 1. The van der Waals surface area contributed by atoms with Crippen molar-refractivity contribution < 1.29 is 19.2 Å². The molecule has 0 aliphatic carbocycles. The summed E-state index contributed by atoms with van der Waals surface area (Å²) in [5.41, 5.74) is 3.25. The Labute approximate surface area is 193 Å². The van der Waals surface area contributed by atoms with Crippen molar-refractivity contribution >= 4 is 55.6 Å². The van der Waals surface area contributed by atoms with Crippen LogP contribution in [-0.4, -0.2) is 23.0 Å². The number of benzene rings is 3. The lowest BCUT2D eigenvalue weighted by Crippen LogP contribution is -2.17. The number of amides is 1. The molecule has 0 heterocycles. The maximum absolute atomic E-state index is 12.4. The van der Waals surface area contributed by atoms with E-state index in [2.05, 4.69) is 42.4 Å². The Morgan fingerprint density at radius 3 is 2.19 bits per heavy atom. The van der Waals surface area contributed by atoms with Gasteiger partial charge >= 0.3 is 5.97 Å². The topological polar surface area (TPSA) is 111 Å². The molecule has 3 rings (SSSR count). The Balaban J connectivity index is 1.71. The van der Waals surface area contributed by atoms with Crippen molar-refractivity contribution in [2.24, 2.45) is 5.10 Å². The molecule has 0 spiro atoms. The number of halogens is 2. The lowest BCUT2D eigenvalue weighted by Gasteiger charge is -2.08. The van der Waals surface area contributed by atoms with Gasteiger partial charge in [0.1, 0.15) is 5.75 Å². The van der Waals surface area contributed by atoms with Gasteiger partial charge in [-0.25, -0.2) is 10.2 Å². The average Bonchev–Trinajstić information content (AvgIpc) is 2.76. The predicted molar refractivity (Wildman–Crippen MR) is 121 cm³/mol. The molecule has 1 amide bonds. The van der Waals surface area contributed by atoms with E-state index < -0.39 is 16.8 Å². The Morgan fingerprint density at radius 1 is 0.935 bits per heavy atom. The summed E-state index contributed by atoms with van der Waals surface area (Å²) in [6.07, 6.45) is 1.33. The lowest BCUT2D eigenvalue weighted by atomic mass is 10.2. The molecule has 0 aromatic heterocycles. The molecule has 0 atom stereocenters. The molecule has 10 heteroatoms. The molecule has 3 aromatic rings. The summed E-state index contributed by atoms with van der Waals surface area (Å²) in [5.74, 6) is -0.835. The maximum atomic E-state index is 12.4. The first-order chi connectivity index (χ1) is 14.8. The van der Waals surface area contributed by atoms with Crippen LogP contribution in [-0.2, 0) is 0 Å². The third-order valence-electron chi connectivity index (χ3n) is 3.96. The van der Waals surface area contributed by atoms with E-state index in [4.69, 9.17) is 4.74 Å². The van der Waals surface area contributed by atoms with E-state index in [9.17, 15) is 19.7 Å². The third-order valence-corrected chi connectivity index (χ3v) is 4.99. The smallest absolute Gasteiger partial charge is 0.343 e. The monoisotopic (exact) mass is 545 g/mol. The fourth-order valence-corrected chi connectivity index (χ4v) is 3.06. The van der Waals surface area contributed by atoms with Crippen LogP contribution in [0.5, 0.6) is 5.75 Å². The number of rotatable bonds is 6. The van der Waals surface area contributed by atoms with Crippen LogP contribution in [0, 0.1) is 10.1 Å². The van der Waals surface area contributed by atoms with Crippen LogP contribution < -0.4 is 10.2 Å². The van der Waals surface area contributed by atoms with Gasteiger partial charge in [-0.2, -0.15) is 5.10 Å². The van der Waals surface area contributed by atoms with Crippen molar-refractivity contribution in [3.05, 3.63) is 102 Å². The van der Waals surface area contributed by atoms with E-state index in [1.807, 2.05) is 0 Å². The Morgan fingerprint density at radius 2 is 1.55 bits per heavy atom.